The summed E-state index contributed by atoms with van der Waals surface area (Å²) in [5.74, 6) is -0.757. The fourth-order valence-electron chi connectivity index (χ4n) is 1.55. The van der Waals surface area contributed by atoms with Crippen molar-refractivity contribution in [3.05, 3.63) is 52.2 Å². The van der Waals surface area contributed by atoms with Crippen molar-refractivity contribution >= 4 is 28.9 Å². The smallest absolute Gasteiger partial charge is 0.338 e. The topological polar surface area (TPSA) is 75.6 Å². The fraction of sp³-hybridized carbons (Fsp3) is 0.143. The number of esters is 1. The lowest BCUT2D eigenvalue weighted by atomic mass is 10.2. The maximum Gasteiger partial charge on any atom is 0.338 e. The van der Waals surface area contributed by atoms with Crippen LogP contribution in [0.4, 0.5) is 5.69 Å². The van der Waals surface area contributed by atoms with Crippen LogP contribution in [0.3, 0.4) is 0 Å². The van der Waals surface area contributed by atoms with Crippen LogP contribution in [0.1, 0.15) is 20.0 Å². The molecule has 1 aromatic carbocycles. The van der Waals surface area contributed by atoms with E-state index in [-0.39, 0.29) is 19.1 Å². The van der Waals surface area contributed by atoms with E-state index in [1.165, 1.54) is 17.4 Å². The van der Waals surface area contributed by atoms with E-state index in [9.17, 15) is 9.59 Å². The van der Waals surface area contributed by atoms with Crippen molar-refractivity contribution in [3.63, 3.8) is 0 Å². The highest BCUT2D eigenvalue weighted by Gasteiger charge is 2.10. The highest BCUT2D eigenvalue weighted by atomic mass is 32.1. The number of benzene rings is 1. The van der Waals surface area contributed by atoms with Gasteiger partial charge in [0.25, 0.3) is 5.91 Å². The van der Waals surface area contributed by atoms with E-state index in [4.69, 9.17) is 9.84 Å². The molecule has 0 aliphatic carbocycles. The van der Waals surface area contributed by atoms with Crippen LogP contribution >= 0.6 is 11.3 Å². The van der Waals surface area contributed by atoms with Crippen LogP contribution in [0.15, 0.2) is 41.8 Å². The Morgan fingerprint density at radius 2 is 2.10 bits per heavy atom. The Morgan fingerprint density at radius 1 is 1.25 bits per heavy atom. The monoisotopic (exact) mass is 291 g/mol. The Labute approximate surface area is 119 Å². The minimum absolute atomic E-state index is 0.0510. The first kappa shape index (κ1) is 14.2. The number of rotatable bonds is 5. The lowest BCUT2D eigenvalue weighted by molar-refractivity contribution is 0.0433. The molecular weight excluding hydrogens is 278 g/mol. The summed E-state index contributed by atoms with van der Waals surface area (Å²) < 4.78 is 4.81. The van der Waals surface area contributed by atoms with E-state index in [1.54, 1.807) is 30.3 Å². The molecular formula is C14H13NO4S. The summed E-state index contributed by atoms with van der Waals surface area (Å²) in [5, 5.41) is 13.1. The predicted octanol–water partition coefficient (Wildman–Crippen LogP) is 2.15. The van der Waals surface area contributed by atoms with E-state index >= 15 is 0 Å². The lowest BCUT2D eigenvalue weighted by Gasteiger charge is -2.06. The van der Waals surface area contributed by atoms with Gasteiger partial charge in [0, 0.05) is 5.69 Å². The number of amides is 1. The van der Waals surface area contributed by atoms with Gasteiger partial charge in [-0.3, -0.25) is 4.79 Å². The van der Waals surface area contributed by atoms with E-state index in [2.05, 4.69) is 5.32 Å². The van der Waals surface area contributed by atoms with E-state index in [0.717, 1.165) is 0 Å². The second-order valence-electron chi connectivity index (χ2n) is 3.87. The number of carbonyl (C=O) groups is 2. The first-order chi connectivity index (χ1) is 9.70. The third-order valence-electron chi connectivity index (χ3n) is 2.43. The number of thiophene rings is 1. The number of nitrogens with one attached hydrogen (secondary N) is 1. The molecule has 20 heavy (non-hydrogen) atoms. The summed E-state index contributed by atoms with van der Waals surface area (Å²) in [7, 11) is 0. The molecule has 0 atom stereocenters. The number of aliphatic hydroxyl groups is 1. The van der Waals surface area contributed by atoms with Crippen LogP contribution in [-0.2, 0) is 4.74 Å². The van der Waals surface area contributed by atoms with Crippen LogP contribution < -0.4 is 5.32 Å². The summed E-state index contributed by atoms with van der Waals surface area (Å²) in [6, 6.07) is 9.97. The third-order valence-corrected chi connectivity index (χ3v) is 3.29. The summed E-state index contributed by atoms with van der Waals surface area (Å²) in [5.41, 5.74) is 0.837. The van der Waals surface area contributed by atoms with Crippen LogP contribution in [0.25, 0.3) is 0 Å². The van der Waals surface area contributed by atoms with Gasteiger partial charge < -0.3 is 15.2 Å². The Morgan fingerprint density at radius 3 is 2.80 bits per heavy atom. The third kappa shape index (κ3) is 3.66. The molecule has 0 aliphatic heterocycles. The molecule has 104 valence electrons. The van der Waals surface area contributed by atoms with Gasteiger partial charge in [0.05, 0.1) is 17.0 Å². The molecule has 0 radical (unpaired) electrons. The molecule has 0 unspecified atom stereocenters. The first-order valence-electron chi connectivity index (χ1n) is 5.93. The largest absolute Gasteiger partial charge is 0.460 e. The number of anilines is 1. The molecule has 2 aromatic rings. The highest BCUT2D eigenvalue weighted by Crippen LogP contribution is 2.15. The Balaban J connectivity index is 2.06. The summed E-state index contributed by atoms with van der Waals surface area (Å²) in [6.07, 6.45) is 0. The second-order valence-corrected chi connectivity index (χ2v) is 4.82. The van der Waals surface area contributed by atoms with Gasteiger partial charge in [-0.2, -0.15) is 0 Å². The second kappa shape index (κ2) is 6.83. The zero-order valence-corrected chi connectivity index (χ0v) is 11.4. The zero-order valence-electron chi connectivity index (χ0n) is 10.5. The number of carbonyl (C=O) groups excluding carboxylic acids is 2. The number of hydrogen-bond acceptors (Lipinski definition) is 5. The molecule has 0 aliphatic rings. The molecule has 2 rings (SSSR count). The van der Waals surface area contributed by atoms with Crippen molar-refractivity contribution in [1.29, 1.82) is 0 Å². The average molecular weight is 291 g/mol. The normalized spacial score (nSPS) is 10.1. The van der Waals surface area contributed by atoms with Crippen molar-refractivity contribution in [1.82, 2.24) is 0 Å². The Bertz CT molecular complexity index is 595. The molecule has 0 saturated carbocycles. The Kier molecular flexibility index (Phi) is 4.86. The van der Waals surface area contributed by atoms with Crippen molar-refractivity contribution in [3.8, 4) is 0 Å². The molecule has 1 amide bonds. The molecule has 0 saturated heterocycles. The van der Waals surface area contributed by atoms with Crippen LogP contribution in [-0.4, -0.2) is 30.2 Å². The fourth-order valence-corrected chi connectivity index (χ4v) is 2.16. The van der Waals surface area contributed by atoms with Gasteiger partial charge in [0.15, 0.2) is 0 Å². The van der Waals surface area contributed by atoms with E-state index in [1.807, 2.05) is 5.38 Å². The minimum atomic E-state index is -0.536. The van der Waals surface area contributed by atoms with Crippen molar-refractivity contribution in [2.75, 3.05) is 18.5 Å². The number of ether oxygens (including phenoxy) is 1. The summed E-state index contributed by atoms with van der Waals surface area (Å²) >= 11 is 1.34. The van der Waals surface area contributed by atoms with E-state index in [0.29, 0.717) is 16.1 Å². The first-order valence-corrected chi connectivity index (χ1v) is 6.81. The van der Waals surface area contributed by atoms with Gasteiger partial charge >= 0.3 is 5.97 Å². The summed E-state index contributed by atoms with van der Waals surface area (Å²) in [4.78, 5) is 24.1. The standard InChI is InChI=1S/C14H13NO4S/c16-6-7-19-14(18)10-3-1-4-11(9-10)15-13(17)12-5-2-8-20-12/h1-5,8-9,16H,6-7H2,(H,15,17). The number of aliphatic hydroxyl groups excluding tert-OH is 1. The van der Waals surface area contributed by atoms with Crippen LogP contribution in [0, 0.1) is 0 Å². The van der Waals surface area contributed by atoms with Crippen molar-refractivity contribution in [2.45, 2.75) is 0 Å². The van der Waals surface area contributed by atoms with Crippen molar-refractivity contribution in [2.24, 2.45) is 0 Å². The quantitative estimate of drug-likeness (QED) is 0.828. The van der Waals surface area contributed by atoms with Gasteiger partial charge in [-0.15, -0.1) is 11.3 Å². The molecule has 0 bridgehead atoms. The van der Waals surface area contributed by atoms with Crippen LogP contribution in [0.2, 0.25) is 0 Å². The van der Waals surface area contributed by atoms with Gasteiger partial charge in [-0.05, 0) is 29.6 Å². The minimum Gasteiger partial charge on any atom is -0.460 e. The molecule has 0 fully saturated rings. The van der Waals surface area contributed by atoms with Crippen molar-refractivity contribution < 1.29 is 19.4 Å². The molecule has 2 N–H and O–H groups in total. The van der Waals surface area contributed by atoms with E-state index < -0.39 is 5.97 Å². The molecule has 6 heteroatoms. The van der Waals surface area contributed by atoms with Crippen LogP contribution in [0.5, 0.6) is 0 Å². The zero-order chi connectivity index (χ0) is 14.4. The number of hydrogen-bond donors (Lipinski definition) is 2. The van der Waals surface area contributed by atoms with Gasteiger partial charge in [-0.1, -0.05) is 12.1 Å². The van der Waals surface area contributed by atoms with Gasteiger partial charge in [0.2, 0.25) is 0 Å². The predicted molar refractivity (Wildman–Crippen MR) is 76.1 cm³/mol. The van der Waals surface area contributed by atoms with Gasteiger partial charge in [0.1, 0.15) is 6.61 Å². The van der Waals surface area contributed by atoms with Gasteiger partial charge in [-0.25, -0.2) is 4.79 Å². The molecule has 1 heterocycles. The molecule has 0 spiro atoms. The Hall–Kier alpha value is -2.18. The lowest BCUT2D eigenvalue weighted by Crippen LogP contribution is -2.12. The maximum absolute atomic E-state index is 11.9. The maximum atomic E-state index is 11.9. The highest BCUT2D eigenvalue weighted by molar-refractivity contribution is 7.12. The SMILES string of the molecule is O=C(OCCO)c1cccc(NC(=O)c2cccs2)c1. The molecule has 5 nitrogen and oxygen atoms in total. The summed E-state index contributed by atoms with van der Waals surface area (Å²) in [6.45, 7) is -0.273. The average Bonchev–Trinajstić information content (AvgIpc) is 2.99. The molecule has 1 aromatic heterocycles.